The number of halogens is 1. The molecule has 2 aliphatic heterocycles. The molecule has 1 unspecified atom stereocenters. The van der Waals surface area contributed by atoms with E-state index in [0.717, 1.165) is 30.3 Å². The maximum atomic E-state index is 13.6. The molecule has 5 rings (SSSR count). The number of carbonyl (C=O) groups excluding carboxylic acids is 1. The Labute approximate surface area is 207 Å². The number of quaternary nitrogens is 1. The van der Waals surface area contributed by atoms with Crippen molar-refractivity contribution in [3.8, 4) is 0 Å². The van der Waals surface area contributed by atoms with Crippen molar-refractivity contribution in [1.82, 2.24) is 14.7 Å². The quantitative estimate of drug-likeness (QED) is 0.497. The second kappa shape index (κ2) is 9.62. The van der Waals surface area contributed by atoms with E-state index in [9.17, 15) is 19.1 Å². The predicted molar refractivity (Wildman–Crippen MR) is 127 cm³/mol. The van der Waals surface area contributed by atoms with E-state index in [4.69, 9.17) is 15.0 Å². The van der Waals surface area contributed by atoms with Crippen LogP contribution in [0.4, 0.5) is 9.18 Å². The smallest absolute Gasteiger partial charge is 0.399 e. The molecule has 0 bridgehead atoms. The fourth-order valence-corrected chi connectivity index (χ4v) is 5.63. The van der Waals surface area contributed by atoms with Crippen LogP contribution in [-0.4, -0.2) is 56.8 Å². The van der Waals surface area contributed by atoms with E-state index in [2.05, 4.69) is 10.1 Å². The lowest BCUT2D eigenvalue weighted by Crippen LogP contribution is -2.56. The van der Waals surface area contributed by atoms with Gasteiger partial charge < -0.3 is 20.1 Å². The Bertz CT molecular complexity index is 1340. The fraction of sp³-hybridized carbons (Fsp3) is 0.520. The number of carbonyl (C=O) groups is 1. The topological polar surface area (TPSA) is 133 Å². The number of aryl methyl sites for hydroxylation is 1. The summed E-state index contributed by atoms with van der Waals surface area (Å²) < 4.78 is 26.2. The lowest BCUT2D eigenvalue weighted by molar-refractivity contribution is -0.947. The van der Waals surface area contributed by atoms with Gasteiger partial charge in [-0.05, 0) is 31.9 Å². The van der Waals surface area contributed by atoms with Crippen molar-refractivity contribution in [2.45, 2.75) is 57.6 Å². The molecule has 11 heteroatoms. The number of ether oxygens (including phenoxy) is 1. The molecular weight excluding hydrogens is 469 g/mol. The van der Waals surface area contributed by atoms with E-state index < -0.39 is 12.2 Å². The summed E-state index contributed by atoms with van der Waals surface area (Å²) in [7, 11) is 0. The average Bonchev–Trinajstić information content (AvgIpc) is 3.27. The van der Waals surface area contributed by atoms with Gasteiger partial charge in [0.25, 0.3) is 5.56 Å². The molecule has 10 nitrogen and oxygen atoms in total. The first-order valence-corrected chi connectivity index (χ1v) is 12.4. The molecule has 192 valence electrons. The number of piperidine rings is 1. The maximum absolute atomic E-state index is 13.6. The van der Waals surface area contributed by atoms with Crippen molar-refractivity contribution >= 4 is 17.1 Å². The molecule has 2 aliphatic rings. The molecule has 36 heavy (non-hydrogen) atoms. The SMILES string of the molecule is Cc1nc2n(c(=O)c1CC[N+]1(COC(N)=O)CCC(c3noc4cc(F)ccc34)CC1)CCCC2O. The first kappa shape index (κ1) is 24.4. The Kier molecular flexibility index (Phi) is 6.52. The van der Waals surface area contributed by atoms with E-state index in [1.807, 2.05) is 0 Å². The average molecular weight is 501 g/mol. The number of aliphatic hydroxyl groups excluding tert-OH is 1. The van der Waals surface area contributed by atoms with Crippen molar-refractivity contribution in [2.75, 3.05) is 26.4 Å². The van der Waals surface area contributed by atoms with Gasteiger partial charge in [-0.1, -0.05) is 5.16 Å². The summed E-state index contributed by atoms with van der Waals surface area (Å²) in [6.45, 7) is 4.41. The highest BCUT2D eigenvalue weighted by molar-refractivity contribution is 5.79. The van der Waals surface area contributed by atoms with Gasteiger partial charge in [0.15, 0.2) is 5.58 Å². The van der Waals surface area contributed by atoms with Gasteiger partial charge >= 0.3 is 6.09 Å². The number of fused-ring (bicyclic) bond motifs is 2. The van der Waals surface area contributed by atoms with Gasteiger partial charge in [0.1, 0.15) is 17.7 Å². The first-order valence-electron chi connectivity index (χ1n) is 12.4. The van der Waals surface area contributed by atoms with E-state index >= 15 is 0 Å². The molecule has 2 aromatic heterocycles. The van der Waals surface area contributed by atoms with Gasteiger partial charge in [0.2, 0.25) is 6.73 Å². The molecule has 1 saturated heterocycles. The summed E-state index contributed by atoms with van der Waals surface area (Å²) >= 11 is 0. The molecule has 0 radical (unpaired) electrons. The number of rotatable bonds is 6. The zero-order chi connectivity index (χ0) is 25.4. The molecule has 0 saturated carbocycles. The highest BCUT2D eigenvalue weighted by Crippen LogP contribution is 2.35. The Hall–Kier alpha value is -3.31. The Morgan fingerprint density at radius 3 is 2.86 bits per heavy atom. The normalized spacial score (nSPS) is 24.0. The van der Waals surface area contributed by atoms with Gasteiger partial charge in [0, 0.05) is 54.4 Å². The van der Waals surface area contributed by atoms with Crippen molar-refractivity contribution < 1.29 is 28.0 Å². The number of nitrogens with zero attached hydrogens (tertiary/aromatic N) is 4. The molecule has 3 aromatic rings. The largest absolute Gasteiger partial charge is 0.408 e. The lowest BCUT2D eigenvalue weighted by atomic mass is 9.90. The van der Waals surface area contributed by atoms with Crippen LogP contribution in [0.15, 0.2) is 27.5 Å². The highest BCUT2D eigenvalue weighted by atomic mass is 19.1. The van der Waals surface area contributed by atoms with Crippen molar-refractivity contribution in [3.63, 3.8) is 0 Å². The van der Waals surface area contributed by atoms with E-state index in [0.29, 0.717) is 66.2 Å². The molecule has 1 atom stereocenters. The molecule has 1 aromatic carbocycles. The molecule has 4 heterocycles. The van der Waals surface area contributed by atoms with E-state index in [1.54, 1.807) is 17.6 Å². The van der Waals surface area contributed by atoms with Crippen molar-refractivity contribution in [2.24, 2.45) is 5.73 Å². The number of likely N-dealkylation sites (tertiary alicyclic amines) is 1. The van der Waals surface area contributed by atoms with Crippen LogP contribution < -0.4 is 11.3 Å². The third kappa shape index (κ3) is 4.60. The number of benzene rings is 1. The molecule has 1 amide bonds. The van der Waals surface area contributed by atoms with Crippen LogP contribution in [0.25, 0.3) is 11.0 Å². The van der Waals surface area contributed by atoms with Crippen LogP contribution in [-0.2, 0) is 17.7 Å². The van der Waals surface area contributed by atoms with Gasteiger partial charge in [-0.3, -0.25) is 13.8 Å². The molecule has 1 fully saturated rings. The number of hydrogen-bond acceptors (Lipinski definition) is 7. The summed E-state index contributed by atoms with van der Waals surface area (Å²) in [5.41, 5.74) is 7.65. The van der Waals surface area contributed by atoms with Crippen LogP contribution in [0.2, 0.25) is 0 Å². The highest BCUT2D eigenvalue weighted by Gasteiger charge is 2.37. The first-order chi connectivity index (χ1) is 17.3. The number of hydrogen-bond donors (Lipinski definition) is 2. The third-order valence-electron chi connectivity index (χ3n) is 7.73. The molecular formula is C25H31FN5O5+. The van der Waals surface area contributed by atoms with Crippen molar-refractivity contribution in [3.05, 3.63) is 57.1 Å². The minimum Gasteiger partial charge on any atom is -0.399 e. The van der Waals surface area contributed by atoms with Gasteiger partial charge in [0.05, 0.1) is 25.3 Å². The summed E-state index contributed by atoms with van der Waals surface area (Å²) in [5, 5.41) is 15.3. The zero-order valence-corrected chi connectivity index (χ0v) is 20.3. The summed E-state index contributed by atoms with van der Waals surface area (Å²) in [4.78, 5) is 29.2. The minimum atomic E-state index is -0.833. The maximum Gasteiger partial charge on any atom is 0.408 e. The minimum absolute atomic E-state index is 0.110. The van der Waals surface area contributed by atoms with Crippen LogP contribution in [0, 0.1) is 12.7 Å². The van der Waals surface area contributed by atoms with Crippen molar-refractivity contribution in [1.29, 1.82) is 0 Å². The third-order valence-corrected chi connectivity index (χ3v) is 7.73. The summed E-state index contributed by atoms with van der Waals surface area (Å²) in [6, 6.07) is 4.43. The molecule has 3 N–H and O–H groups in total. The number of nitrogens with two attached hydrogens (primary N) is 1. The monoisotopic (exact) mass is 500 g/mol. The summed E-state index contributed by atoms with van der Waals surface area (Å²) in [6.07, 6.45) is 1.76. The van der Waals surface area contributed by atoms with Gasteiger partial charge in [-0.25, -0.2) is 14.2 Å². The van der Waals surface area contributed by atoms with Crippen LogP contribution >= 0.6 is 0 Å². The predicted octanol–water partition coefficient (Wildman–Crippen LogP) is 2.65. The number of amides is 1. The standard InChI is InChI=1S/C25H30FN5O5/c1-15-18(24(33)30-9-2-3-20(32)23(30)28-15)8-12-31(14-35-25(27)34)10-6-16(7-11-31)22-19-5-4-17(26)13-21(19)36-29-22/h4-5,13,16,20,32H,2-3,6-12,14H2,1H3,(H-,27,34)/p+1. The lowest BCUT2D eigenvalue weighted by Gasteiger charge is -2.42. The summed E-state index contributed by atoms with van der Waals surface area (Å²) in [5.74, 6) is 0.190. The second-order valence-corrected chi connectivity index (χ2v) is 9.99. The van der Waals surface area contributed by atoms with Crippen LogP contribution in [0.5, 0.6) is 0 Å². The van der Waals surface area contributed by atoms with E-state index in [-0.39, 0.29) is 24.0 Å². The number of aliphatic hydroxyl groups is 1. The van der Waals surface area contributed by atoms with Crippen LogP contribution in [0.1, 0.15) is 60.5 Å². The Morgan fingerprint density at radius 1 is 1.33 bits per heavy atom. The van der Waals surface area contributed by atoms with Gasteiger partial charge in [-0.2, -0.15) is 0 Å². The number of primary amides is 1. The zero-order valence-electron chi connectivity index (χ0n) is 20.3. The fourth-order valence-electron chi connectivity index (χ4n) is 5.63. The van der Waals surface area contributed by atoms with E-state index in [1.165, 1.54) is 12.1 Å². The molecule has 0 aliphatic carbocycles. The van der Waals surface area contributed by atoms with Gasteiger partial charge in [-0.15, -0.1) is 0 Å². The molecule has 0 spiro atoms. The Balaban J connectivity index is 1.35. The van der Waals surface area contributed by atoms with Crippen LogP contribution in [0.3, 0.4) is 0 Å². The second-order valence-electron chi connectivity index (χ2n) is 9.99. The Morgan fingerprint density at radius 2 is 2.11 bits per heavy atom. The number of aromatic nitrogens is 3.